The zero-order chi connectivity index (χ0) is 11.8. The second-order valence-corrected chi connectivity index (χ2v) is 6.50. The minimum Gasteiger partial charge on any atom is -0.377 e. The second-order valence-electron chi connectivity index (χ2n) is 5.35. The van der Waals surface area contributed by atoms with Gasteiger partial charge in [0.25, 0.3) is 0 Å². The monoisotopic (exact) mass is 257 g/mol. The first-order valence-electron chi connectivity index (χ1n) is 7.38. The smallest absolute Gasteiger partial charge is 0.0666 e. The molecule has 0 amide bonds. The molecule has 1 heterocycles. The summed E-state index contributed by atoms with van der Waals surface area (Å²) in [7, 11) is 0. The SMILES string of the molecule is C1CCCC(NCCSCC2CCCO2)CC1. The van der Waals surface area contributed by atoms with E-state index in [-0.39, 0.29) is 0 Å². The van der Waals surface area contributed by atoms with Crippen LogP contribution in [0.3, 0.4) is 0 Å². The number of thioether (sulfide) groups is 1. The van der Waals surface area contributed by atoms with Crippen molar-refractivity contribution in [2.45, 2.75) is 63.5 Å². The Morgan fingerprint density at radius 2 is 1.82 bits per heavy atom. The molecule has 2 nitrogen and oxygen atoms in total. The van der Waals surface area contributed by atoms with Gasteiger partial charge in [-0.05, 0) is 25.7 Å². The summed E-state index contributed by atoms with van der Waals surface area (Å²) in [6.45, 7) is 2.17. The van der Waals surface area contributed by atoms with Gasteiger partial charge in [0, 0.05) is 30.7 Å². The summed E-state index contributed by atoms with van der Waals surface area (Å²) in [4.78, 5) is 0. The maximum absolute atomic E-state index is 5.62. The molecule has 1 atom stereocenters. The molecule has 1 N–H and O–H groups in total. The van der Waals surface area contributed by atoms with Gasteiger partial charge in [-0.25, -0.2) is 0 Å². The minimum absolute atomic E-state index is 0.554. The molecule has 100 valence electrons. The van der Waals surface area contributed by atoms with Crippen LogP contribution in [0.25, 0.3) is 0 Å². The number of rotatable bonds is 6. The Kier molecular flexibility index (Phi) is 6.76. The molecule has 1 aliphatic carbocycles. The lowest BCUT2D eigenvalue weighted by Crippen LogP contribution is -2.30. The molecule has 2 rings (SSSR count). The van der Waals surface area contributed by atoms with Crippen molar-refractivity contribution in [1.29, 1.82) is 0 Å². The molecule has 0 aromatic rings. The van der Waals surface area contributed by atoms with Gasteiger partial charge in [0.2, 0.25) is 0 Å². The van der Waals surface area contributed by atoms with Crippen LogP contribution in [0.15, 0.2) is 0 Å². The van der Waals surface area contributed by atoms with Crippen molar-refractivity contribution in [2.75, 3.05) is 24.7 Å². The van der Waals surface area contributed by atoms with E-state index in [1.54, 1.807) is 0 Å². The van der Waals surface area contributed by atoms with E-state index in [0.717, 1.165) is 12.6 Å². The fraction of sp³-hybridized carbons (Fsp3) is 1.00. The summed E-state index contributed by atoms with van der Waals surface area (Å²) in [5, 5.41) is 3.73. The molecule has 1 saturated heterocycles. The lowest BCUT2D eigenvalue weighted by atomic mass is 10.1. The van der Waals surface area contributed by atoms with Crippen LogP contribution < -0.4 is 5.32 Å². The van der Waals surface area contributed by atoms with Gasteiger partial charge < -0.3 is 10.1 Å². The molecule has 0 spiro atoms. The fourth-order valence-electron chi connectivity index (χ4n) is 2.81. The third kappa shape index (κ3) is 5.62. The summed E-state index contributed by atoms with van der Waals surface area (Å²) >= 11 is 2.06. The molecule has 0 radical (unpaired) electrons. The Labute approximate surface area is 110 Å². The van der Waals surface area contributed by atoms with Crippen LogP contribution in [0, 0.1) is 0 Å². The van der Waals surface area contributed by atoms with Crippen molar-refractivity contribution in [3.8, 4) is 0 Å². The maximum atomic E-state index is 5.62. The van der Waals surface area contributed by atoms with Crippen molar-refractivity contribution in [3.63, 3.8) is 0 Å². The highest BCUT2D eigenvalue weighted by molar-refractivity contribution is 7.99. The van der Waals surface area contributed by atoms with Crippen molar-refractivity contribution in [1.82, 2.24) is 5.32 Å². The number of ether oxygens (including phenoxy) is 1. The third-order valence-electron chi connectivity index (χ3n) is 3.86. The normalized spacial score (nSPS) is 27.2. The second kappa shape index (κ2) is 8.39. The van der Waals surface area contributed by atoms with E-state index in [0.29, 0.717) is 6.10 Å². The van der Waals surface area contributed by atoms with Gasteiger partial charge in [0.1, 0.15) is 0 Å². The Hall–Kier alpha value is 0.270. The lowest BCUT2D eigenvalue weighted by Gasteiger charge is -2.16. The van der Waals surface area contributed by atoms with Crippen LogP contribution in [0.1, 0.15) is 51.4 Å². The first-order chi connectivity index (χ1) is 8.45. The zero-order valence-electron chi connectivity index (χ0n) is 11.0. The van der Waals surface area contributed by atoms with Crippen molar-refractivity contribution in [2.24, 2.45) is 0 Å². The van der Waals surface area contributed by atoms with Crippen molar-refractivity contribution >= 4 is 11.8 Å². The summed E-state index contributed by atoms with van der Waals surface area (Å²) in [5.74, 6) is 2.45. The van der Waals surface area contributed by atoms with E-state index in [4.69, 9.17) is 4.74 Å². The summed E-state index contributed by atoms with van der Waals surface area (Å²) in [5.41, 5.74) is 0. The molecule has 0 aromatic carbocycles. The summed E-state index contributed by atoms with van der Waals surface area (Å²) in [6, 6.07) is 0.806. The highest BCUT2D eigenvalue weighted by Gasteiger charge is 2.15. The quantitative estimate of drug-likeness (QED) is 0.583. The van der Waals surface area contributed by atoms with Gasteiger partial charge in [-0.1, -0.05) is 25.7 Å². The third-order valence-corrected chi connectivity index (χ3v) is 4.96. The molecule has 2 aliphatic rings. The van der Waals surface area contributed by atoms with Gasteiger partial charge in [-0.2, -0.15) is 11.8 Å². The summed E-state index contributed by atoms with van der Waals surface area (Å²) in [6.07, 6.45) is 11.7. The Morgan fingerprint density at radius 3 is 2.53 bits per heavy atom. The topological polar surface area (TPSA) is 21.3 Å². The molecular formula is C14H27NOS. The molecule has 1 saturated carbocycles. The zero-order valence-corrected chi connectivity index (χ0v) is 11.8. The van der Waals surface area contributed by atoms with E-state index in [9.17, 15) is 0 Å². The number of hydrogen-bond acceptors (Lipinski definition) is 3. The maximum Gasteiger partial charge on any atom is 0.0666 e. The lowest BCUT2D eigenvalue weighted by molar-refractivity contribution is 0.129. The van der Waals surface area contributed by atoms with Crippen LogP contribution in [-0.4, -0.2) is 36.8 Å². The molecule has 17 heavy (non-hydrogen) atoms. The first-order valence-corrected chi connectivity index (χ1v) is 8.53. The van der Waals surface area contributed by atoms with Gasteiger partial charge in [0.05, 0.1) is 6.10 Å². The standard InChI is InChI=1S/C14H27NOS/c1-2-4-7-13(6-3-1)15-9-11-17-12-14-8-5-10-16-14/h13-15H,1-12H2. The first kappa shape index (κ1) is 13.7. The Bertz CT molecular complexity index is 187. The van der Waals surface area contributed by atoms with Crippen LogP contribution >= 0.6 is 11.8 Å². The average molecular weight is 257 g/mol. The van der Waals surface area contributed by atoms with E-state index in [2.05, 4.69) is 17.1 Å². The fourth-order valence-corrected chi connectivity index (χ4v) is 3.76. The molecular weight excluding hydrogens is 230 g/mol. The predicted molar refractivity (Wildman–Crippen MR) is 75.8 cm³/mol. The molecule has 0 aromatic heterocycles. The highest BCUT2D eigenvalue weighted by atomic mass is 32.2. The van der Waals surface area contributed by atoms with Crippen molar-refractivity contribution < 1.29 is 4.74 Å². The molecule has 0 bridgehead atoms. The van der Waals surface area contributed by atoms with E-state index in [1.807, 2.05) is 0 Å². The van der Waals surface area contributed by atoms with Gasteiger partial charge in [-0.15, -0.1) is 0 Å². The van der Waals surface area contributed by atoms with Gasteiger partial charge in [-0.3, -0.25) is 0 Å². The van der Waals surface area contributed by atoms with Crippen molar-refractivity contribution in [3.05, 3.63) is 0 Å². The van der Waals surface area contributed by atoms with Crippen LogP contribution in [-0.2, 0) is 4.74 Å². The largest absolute Gasteiger partial charge is 0.377 e. The van der Waals surface area contributed by atoms with Crippen LogP contribution in [0.2, 0.25) is 0 Å². The molecule has 3 heteroatoms. The van der Waals surface area contributed by atoms with E-state index >= 15 is 0 Å². The van der Waals surface area contributed by atoms with E-state index in [1.165, 1.54) is 69.4 Å². The minimum atomic E-state index is 0.554. The molecule has 1 aliphatic heterocycles. The highest BCUT2D eigenvalue weighted by Crippen LogP contribution is 2.18. The average Bonchev–Trinajstić information content (AvgIpc) is 2.72. The number of nitrogens with one attached hydrogen (secondary N) is 1. The van der Waals surface area contributed by atoms with Crippen LogP contribution in [0.5, 0.6) is 0 Å². The Balaban J connectivity index is 1.44. The molecule has 1 unspecified atom stereocenters. The van der Waals surface area contributed by atoms with E-state index < -0.39 is 0 Å². The predicted octanol–water partition coefficient (Wildman–Crippen LogP) is 3.21. The summed E-state index contributed by atoms with van der Waals surface area (Å²) < 4.78 is 5.62. The molecule has 2 fully saturated rings. The van der Waals surface area contributed by atoms with Gasteiger partial charge in [0.15, 0.2) is 0 Å². The Morgan fingerprint density at radius 1 is 1.00 bits per heavy atom. The number of hydrogen-bond donors (Lipinski definition) is 1. The van der Waals surface area contributed by atoms with Crippen LogP contribution in [0.4, 0.5) is 0 Å². The van der Waals surface area contributed by atoms with Gasteiger partial charge >= 0.3 is 0 Å².